The van der Waals surface area contributed by atoms with Gasteiger partial charge < -0.3 is 0 Å². The number of sulfone groups is 1. The van der Waals surface area contributed by atoms with Crippen LogP contribution < -0.4 is 0 Å². The largest absolute Gasteiger partial charge is 0.434 e. The zero-order valence-electron chi connectivity index (χ0n) is 9.33. The second-order valence-corrected chi connectivity index (χ2v) is 7.63. The molecule has 0 amide bonds. The summed E-state index contributed by atoms with van der Waals surface area (Å²) < 4.78 is 62.3. The van der Waals surface area contributed by atoms with Crippen molar-refractivity contribution >= 4 is 25.8 Å². The van der Waals surface area contributed by atoms with Crippen LogP contribution in [0.15, 0.2) is 10.7 Å². The third-order valence-electron chi connectivity index (χ3n) is 2.99. The van der Waals surface area contributed by atoms with E-state index in [9.17, 15) is 21.6 Å². The minimum Gasteiger partial charge on any atom is -0.252 e. The van der Waals surface area contributed by atoms with Crippen LogP contribution in [-0.2, 0) is 21.6 Å². The lowest BCUT2D eigenvalue weighted by atomic mass is 10.0. The van der Waals surface area contributed by atoms with E-state index in [-0.39, 0.29) is 22.4 Å². The van der Waals surface area contributed by atoms with Gasteiger partial charge >= 0.3 is 6.18 Å². The maximum absolute atomic E-state index is 12.9. The van der Waals surface area contributed by atoms with Crippen molar-refractivity contribution in [3.63, 3.8) is 0 Å². The highest BCUT2D eigenvalue weighted by Crippen LogP contribution is 2.40. The number of alkyl halides is 3. The molecule has 102 valence electrons. The molecule has 1 atom stereocenters. The highest BCUT2D eigenvalue weighted by atomic mass is 79.9. The molecule has 1 saturated heterocycles. The van der Waals surface area contributed by atoms with Crippen molar-refractivity contribution in [1.82, 2.24) is 9.78 Å². The minimum atomic E-state index is -4.58. The van der Waals surface area contributed by atoms with E-state index in [0.29, 0.717) is 0 Å². The Morgan fingerprint density at radius 3 is 2.56 bits per heavy atom. The van der Waals surface area contributed by atoms with Gasteiger partial charge in [-0.1, -0.05) is 0 Å². The summed E-state index contributed by atoms with van der Waals surface area (Å²) in [5.41, 5.74) is -2.09. The fourth-order valence-electron chi connectivity index (χ4n) is 2.15. The van der Waals surface area contributed by atoms with Crippen molar-refractivity contribution in [1.29, 1.82) is 0 Å². The topological polar surface area (TPSA) is 52.0 Å². The molecule has 2 rings (SSSR count). The van der Waals surface area contributed by atoms with E-state index >= 15 is 0 Å². The summed E-state index contributed by atoms with van der Waals surface area (Å²) in [4.78, 5) is 0. The Morgan fingerprint density at radius 1 is 1.50 bits per heavy atom. The third-order valence-corrected chi connectivity index (χ3v) is 5.46. The molecule has 18 heavy (non-hydrogen) atoms. The Labute approximate surface area is 110 Å². The number of nitrogens with zero attached hydrogens (tertiary/aromatic N) is 2. The standard InChI is InChI=1S/C9H10BrF3N2O2S/c1-8(2-3-18(16,17)5-8)15-7(9(11,12)13)6(10)4-14-15/h4H,2-3,5H2,1H3. The van der Waals surface area contributed by atoms with Gasteiger partial charge in [-0.25, -0.2) is 8.42 Å². The third kappa shape index (κ3) is 2.29. The van der Waals surface area contributed by atoms with E-state index < -0.39 is 27.2 Å². The van der Waals surface area contributed by atoms with Crippen LogP contribution in [0.25, 0.3) is 0 Å². The average molecular weight is 347 g/mol. The molecule has 1 fully saturated rings. The molecule has 9 heteroatoms. The lowest BCUT2D eigenvalue weighted by Gasteiger charge is -2.26. The van der Waals surface area contributed by atoms with Gasteiger partial charge in [-0.2, -0.15) is 18.3 Å². The van der Waals surface area contributed by atoms with Crippen LogP contribution in [0.3, 0.4) is 0 Å². The van der Waals surface area contributed by atoms with Crippen molar-refractivity contribution in [2.45, 2.75) is 25.1 Å². The van der Waals surface area contributed by atoms with E-state index in [4.69, 9.17) is 0 Å². The van der Waals surface area contributed by atoms with Crippen LogP contribution in [0.5, 0.6) is 0 Å². The molecule has 1 aromatic heterocycles. The first kappa shape index (κ1) is 13.9. The Balaban J connectivity index is 2.54. The predicted octanol–water partition coefficient (Wildman–Crippen LogP) is 2.20. The minimum absolute atomic E-state index is 0.113. The van der Waals surface area contributed by atoms with Crippen molar-refractivity contribution in [2.24, 2.45) is 0 Å². The Kier molecular flexibility index (Phi) is 3.05. The van der Waals surface area contributed by atoms with Crippen LogP contribution in [0, 0.1) is 0 Å². The fraction of sp³-hybridized carbons (Fsp3) is 0.667. The summed E-state index contributed by atoms with van der Waals surface area (Å²) >= 11 is 2.80. The zero-order chi connectivity index (χ0) is 13.8. The van der Waals surface area contributed by atoms with Crippen molar-refractivity contribution in [3.05, 3.63) is 16.4 Å². The van der Waals surface area contributed by atoms with Gasteiger partial charge in [0.2, 0.25) is 0 Å². The molecular weight excluding hydrogens is 337 g/mol. The molecule has 1 unspecified atom stereocenters. The molecule has 1 aliphatic rings. The van der Waals surface area contributed by atoms with Crippen LogP contribution in [-0.4, -0.2) is 29.7 Å². The molecule has 0 saturated carbocycles. The van der Waals surface area contributed by atoms with E-state index in [1.807, 2.05) is 0 Å². The fourth-order valence-corrected chi connectivity index (χ4v) is 4.75. The molecule has 4 nitrogen and oxygen atoms in total. The second kappa shape index (κ2) is 3.96. The summed E-state index contributed by atoms with van der Waals surface area (Å²) in [6.45, 7) is 1.48. The Bertz CT molecular complexity index is 581. The quantitative estimate of drug-likeness (QED) is 0.783. The van der Waals surface area contributed by atoms with Crippen LogP contribution >= 0.6 is 15.9 Å². The second-order valence-electron chi connectivity index (χ2n) is 4.59. The summed E-state index contributed by atoms with van der Waals surface area (Å²) in [6.07, 6.45) is -3.41. The normalized spacial score (nSPS) is 27.6. The zero-order valence-corrected chi connectivity index (χ0v) is 11.7. The Morgan fingerprint density at radius 2 is 2.11 bits per heavy atom. The first-order chi connectivity index (χ1) is 8.05. The summed E-state index contributed by atoms with van der Waals surface area (Å²) in [5.74, 6) is -0.435. The van der Waals surface area contributed by atoms with Gasteiger partial charge in [-0.15, -0.1) is 0 Å². The van der Waals surface area contributed by atoms with Gasteiger partial charge in [-0.05, 0) is 29.3 Å². The Hall–Kier alpha value is -0.570. The van der Waals surface area contributed by atoms with Crippen molar-refractivity contribution < 1.29 is 21.6 Å². The molecule has 2 heterocycles. The molecule has 0 aromatic carbocycles. The summed E-state index contributed by atoms with van der Waals surface area (Å²) in [5, 5.41) is 3.69. The van der Waals surface area contributed by atoms with Gasteiger partial charge in [0.15, 0.2) is 15.5 Å². The lowest BCUT2D eigenvalue weighted by molar-refractivity contribution is -0.146. The highest BCUT2D eigenvalue weighted by molar-refractivity contribution is 9.10. The van der Waals surface area contributed by atoms with E-state index in [2.05, 4.69) is 21.0 Å². The molecule has 0 N–H and O–H groups in total. The van der Waals surface area contributed by atoms with E-state index in [1.54, 1.807) is 0 Å². The van der Waals surface area contributed by atoms with Crippen LogP contribution in [0.2, 0.25) is 0 Å². The molecule has 0 spiro atoms. The first-order valence-electron chi connectivity index (χ1n) is 5.07. The summed E-state index contributed by atoms with van der Waals surface area (Å²) in [7, 11) is -3.30. The summed E-state index contributed by atoms with van der Waals surface area (Å²) in [6, 6.07) is 0. The molecule has 0 bridgehead atoms. The predicted molar refractivity (Wildman–Crippen MR) is 61.8 cm³/mol. The van der Waals surface area contributed by atoms with Crippen LogP contribution in [0.1, 0.15) is 19.0 Å². The first-order valence-corrected chi connectivity index (χ1v) is 7.68. The lowest BCUT2D eigenvalue weighted by Crippen LogP contribution is -2.35. The molecule has 1 aromatic rings. The number of rotatable bonds is 1. The van der Waals surface area contributed by atoms with Gasteiger partial charge in [0.25, 0.3) is 0 Å². The van der Waals surface area contributed by atoms with Crippen LogP contribution in [0.4, 0.5) is 13.2 Å². The van der Waals surface area contributed by atoms with Gasteiger partial charge in [-0.3, -0.25) is 4.68 Å². The molecule has 0 radical (unpaired) electrons. The van der Waals surface area contributed by atoms with Gasteiger partial charge in [0, 0.05) is 0 Å². The number of aromatic nitrogens is 2. The number of hydrogen-bond acceptors (Lipinski definition) is 3. The monoisotopic (exact) mass is 346 g/mol. The average Bonchev–Trinajstić information content (AvgIpc) is 2.67. The molecule has 1 aliphatic heterocycles. The maximum atomic E-state index is 12.9. The van der Waals surface area contributed by atoms with Crippen molar-refractivity contribution in [2.75, 3.05) is 11.5 Å². The highest BCUT2D eigenvalue weighted by Gasteiger charge is 2.47. The maximum Gasteiger partial charge on any atom is 0.434 e. The van der Waals surface area contributed by atoms with E-state index in [1.165, 1.54) is 6.92 Å². The smallest absolute Gasteiger partial charge is 0.252 e. The van der Waals surface area contributed by atoms with E-state index in [0.717, 1.165) is 10.9 Å². The van der Waals surface area contributed by atoms with Crippen molar-refractivity contribution in [3.8, 4) is 0 Å². The number of hydrogen-bond donors (Lipinski definition) is 0. The molecule has 0 aliphatic carbocycles. The molecular formula is C9H10BrF3N2O2S. The SMILES string of the molecule is CC1(n2ncc(Br)c2C(F)(F)F)CCS(=O)(=O)C1. The number of halogens is 4. The van der Waals surface area contributed by atoms with Gasteiger partial charge in [0.05, 0.1) is 27.7 Å². The van der Waals surface area contributed by atoms with Gasteiger partial charge in [0.1, 0.15) is 0 Å².